The molecule has 1 amide bonds. The van der Waals surface area contributed by atoms with Crippen LogP contribution in [0, 0.1) is 10.1 Å². The maximum Gasteiger partial charge on any atom is 0.316 e. The smallest absolute Gasteiger partial charge is 0.316 e. The zero-order valence-electron chi connectivity index (χ0n) is 11.4. The second-order valence-corrected chi connectivity index (χ2v) is 4.27. The lowest BCUT2D eigenvalue weighted by Crippen LogP contribution is -2.12. The number of amides is 1. The number of nitrogens with one attached hydrogen (secondary N) is 1. The second kappa shape index (κ2) is 5.97. The van der Waals surface area contributed by atoms with Crippen molar-refractivity contribution in [2.75, 3.05) is 5.32 Å². The van der Waals surface area contributed by atoms with E-state index in [2.05, 4.69) is 25.4 Å². The van der Waals surface area contributed by atoms with Gasteiger partial charge in [0, 0.05) is 30.2 Å². The van der Waals surface area contributed by atoms with Crippen molar-refractivity contribution < 1.29 is 14.2 Å². The Balaban J connectivity index is 1.74. The van der Waals surface area contributed by atoms with Gasteiger partial charge in [-0.15, -0.1) is 0 Å². The molecule has 2 aromatic heterocycles. The Morgan fingerprint density at radius 2 is 2.00 bits per heavy atom. The number of carbonyl (C=O) groups excluding carboxylic acids is 1. The number of anilines is 1. The van der Waals surface area contributed by atoms with Crippen LogP contribution in [0.2, 0.25) is 0 Å². The summed E-state index contributed by atoms with van der Waals surface area (Å²) in [5.74, 6) is -0.766. The van der Waals surface area contributed by atoms with Gasteiger partial charge in [-0.05, 0) is 12.1 Å². The summed E-state index contributed by atoms with van der Waals surface area (Å²) in [7, 11) is 0. The third-order valence-electron chi connectivity index (χ3n) is 2.75. The van der Waals surface area contributed by atoms with Gasteiger partial charge in [-0.25, -0.2) is 4.98 Å². The van der Waals surface area contributed by atoms with E-state index in [9.17, 15) is 14.9 Å². The van der Waals surface area contributed by atoms with Crippen LogP contribution >= 0.6 is 0 Å². The minimum absolute atomic E-state index is 0.0780. The van der Waals surface area contributed by atoms with Crippen LogP contribution in [-0.2, 0) is 0 Å². The largest absolute Gasteiger partial charge is 0.328 e. The highest BCUT2D eigenvalue weighted by Gasteiger charge is 2.17. The Labute approximate surface area is 128 Å². The van der Waals surface area contributed by atoms with Crippen LogP contribution in [0.15, 0.2) is 47.4 Å². The van der Waals surface area contributed by atoms with Gasteiger partial charge in [-0.2, -0.15) is 4.98 Å². The fraction of sp³-hybridized carbons (Fsp3) is 0. The molecule has 1 aromatic carbocycles. The quantitative estimate of drug-likeness (QED) is 0.567. The number of non-ortho nitro benzene ring substituents is 1. The monoisotopic (exact) mass is 312 g/mol. The summed E-state index contributed by atoms with van der Waals surface area (Å²) in [5.41, 5.74) is 0.649. The van der Waals surface area contributed by atoms with Crippen LogP contribution in [0.1, 0.15) is 10.7 Å². The molecule has 1 N–H and O–H groups in total. The standard InChI is InChI=1S/C13H8N6O4/c20-12(16-8-1-3-9(4-2-8)19(21)22)13-17-11(18-23-13)10-7-14-5-6-15-10/h1-7H,(H,16,20). The maximum atomic E-state index is 12.0. The van der Waals surface area contributed by atoms with Crippen molar-refractivity contribution in [2.45, 2.75) is 0 Å². The van der Waals surface area contributed by atoms with Crippen LogP contribution in [-0.4, -0.2) is 30.9 Å². The van der Waals surface area contributed by atoms with E-state index >= 15 is 0 Å². The number of aromatic nitrogens is 4. The molecule has 0 aliphatic rings. The molecule has 0 saturated heterocycles. The topological polar surface area (TPSA) is 137 Å². The number of hydrogen-bond donors (Lipinski definition) is 1. The molecule has 0 fully saturated rings. The van der Waals surface area contributed by atoms with E-state index in [-0.39, 0.29) is 17.4 Å². The maximum absolute atomic E-state index is 12.0. The van der Waals surface area contributed by atoms with Crippen LogP contribution < -0.4 is 5.32 Å². The van der Waals surface area contributed by atoms with Gasteiger partial charge in [0.05, 0.1) is 11.1 Å². The first-order valence-corrected chi connectivity index (χ1v) is 6.29. The van der Waals surface area contributed by atoms with Gasteiger partial charge in [0.2, 0.25) is 5.82 Å². The van der Waals surface area contributed by atoms with Crippen LogP contribution in [0.4, 0.5) is 11.4 Å². The molecule has 0 atom stereocenters. The zero-order chi connectivity index (χ0) is 16.2. The molecule has 0 bridgehead atoms. The highest BCUT2D eigenvalue weighted by Crippen LogP contribution is 2.17. The van der Waals surface area contributed by atoms with E-state index in [0.717, 1.165) is 0 Å². The molecule has 10 nitrogen and oxygen atoms in total. The van der Waals surface area contributed by atoms with Gasteiger partial charge in [0.1, 0.15) is 5.69 Å². The van der Waals surface area contributed by atoms with Gasteiger partial charge in [-0.1, -0.05) is 5.16 Å². The lowest BCUT2D eigenvalue weighted by molar-refractivity contribution is -0.384. The third-order valence-corrected chi connectivity index (χ3v) is 2.75. The number of nitro groups is 1. The molecule has 114 valence electrons. The third kappa shape index (κ3) is 3.15. The SMILES string of the molecule is O=C(Nc1ccc([N+](=O)[O-])cc1)c1nc(-c2cnccn2)no1. The van der Waals surface area contributed by atoms with E-state index < -0.39 is 10.8 Å². The second-order valence-electron chi connectivity index (χ2n) is 4.27. The molecule has 10 heteroatoms. The molecule has 0 radical (unpaired) electrons. The van der Waals surface area contributed by atoms with Gasteiger partial charge < -0.3 is 9.84 Å². The molecule has 0 aliphatic heterocycles. The number of rotatable bonds is 4. The summed E-state index contributed by atoms with van der Waals surface area (Å²) in [5, 5.41) is 16.7. The predicted molar refractivity (Wildman–Crippen MR) is 76.4 cm³/mol. The fourth-order valence-electron chi connectivity index (χ4n) is 1.69. The Morgan fingerprint density at radius 1 is 1.22 bits per heavy atom. The molecule has 0 unspecified atom stereocenters. The number of nitrogens with zero attached hydrogens (tertiary/aromatic N) is 5. The summed E-state index contributed by atoms with van der Waals surface area (Å²) in [4.78, 5) is 33.8. The molecular weight excluding hydrogens is 304 g/mol. The Kier molecular flexibility index (Phi) is 3.70. The van der Waals surface area contributed by atoms with Gasteiger partial charge >= 0.3 is 11.8 Å². The van der Waals surface area contributed by atoms with Crippen molar-refractivity contribution in [3.63, 3.8) is 0 Å². The van der Waals surface area contributed by atoms with E-state index in [0.29, 0.717) is 11.4 Å². The zero-order valence-corrected chi connectivity index (χ0v) is 11.4. The Hall–Kier alpha value is -3.69. The predicted octanol–water partition coefficient (Wildman–Crippen LogP) is 1.69. The average molecular weight is 312 g/mol. The van der Waals surface area contributed by atoms with Crippen molar-refractivity contribution in [3.05, 3.63) is 58.9 Å². The van der Waals surface area contributed by atoms with Crippen LogP contribution in [0.5, 0.6) is 0 Å². The number of benzene rings is 1. The Bertz CT molecular complexity index is 846. The first-order chi connectivity index (χ1) is 11.1. The van der Waals surface area contributed by atoms with E-state index in [4.69, 9.17) is 4.52 Å². The molecule has 0 spiro atoms. The lowest BCUT2D eigenvalue weighted by Gasteiger charge is -2.00. The van der Waals surface area contributed by atoms with Gasteiger partial charge in [0.15, 0.2) is 0 Å². The summed E-state index contributed by atoms with van der Waals surface area (Å²) in [6.45, 7) is 0. The summed E-state index contributed by atoms with van der Waals surface area (Å²) in [6.07, 6.45) is 4.39. The van der Waals surface area contributed by atoms with Gasteiger partial charge in [0.25, 0.3) is 5.69 Å². The van der Waals surface area contributed by atoms with Crippen molar-refractivity contribution in [1.82, 2.24) is 20.1 Å². The summed E-state index contributed by atoms with van der Waals surface area (Å²) in [6, 6.07) is 5.34. The summed E-state index contributed by atoms with van der Waals surface area (Å²) < 4.78 is 4.87. The molecule has 0 saturated carbocycles. The molecule has 23 heavy (non-hydrogen) atoms. The average Bonchev–Trinajstić information content (AvgIpc) is 3.06. The van der Waals surface area contributed by atoms with Crippen molar-refractivity contribution in [1.29, 1.82) is 0 Å². The number of carbonyl (C=O) groups is 1. The molecule has 2 heterocycles. The van der Waals surface area contributed by atoms with Crippen molar-refractivity contribution in [2.24, 2.45) is 0 Å². The highest BCUT2D eigenvalue weighted by molar-refractivity contribution is 6.01. The lowest BCUT2D eigenvalue weighted by atomic mass is 10.3. The minimum Gasteiger partial charge on any atom is -0.328 e. The first kappa shape index (κ1) is 14.3. The van der Waals surface area contributed by atoms with Crippen molar-refractivity contribution >= 4 is 17.3 Å². The Morgan fingerprint density at radius 3 is 2.65 bits per heavy atom. The van der Waals surface area contributed by atoms with Crippen LogP contribution in [0.25, 0.3) is 11.5 Å². The summed E-state index contributed by atoms with van der Waals surface area (Å²) >= 11 is 0. The highest BCUT2D eigenvalue weighted by atomic mass is 16.6. The molecule has 3 rings (SSSR count). The normalized spacial score (nSPS) is 10.3. The van der Waals surface area contributed by atoms with Crippen molar-refractivity contribution in [3.8, 4) is 11.5 Å². The first-order valence-electron chi connectivity index (χ1n) is 6.29. The fourth-order valence-corrected chi connectivity index (χ4v) is 1.69. The molecular formula is C13H8N6O4. The minimum atomic E-state index is -0.638. The molecule has 0 aliphatic carbocycles. The van der Waals surface area contributed by atoms with Crippen LogP contribution in [0.3, 0.4) is 0 Å². The number of hydrogen-bond acceptors (Lipinski definition) is 8. The van der Waals surface area contributed by atoms with E-state index in [1.165, 1.54) is 42.9 Å². The number of nitro benzene ring substituents is 1. The molecule has 3 aromatic rings. The van der Waals surface area contributed by atoms with Gasteiger partial charge in [-0.3, -0.25) is 19.9 Å². The van der Waals surface area contributed by atoms with E-state index in [1.807, 2.05) is 0 Å². The van der Waals surface area contributed by atoms with E-state index in [1.54, 1.807) is 0 Å².